The molecule has 4 heteroatoms. The molecule has 1 fully saturated rings. The van der Waals surface area contributed by atoms with Crippen LogP contribution in [0.5, 0.6) is 0 Å². The van der Waals surface area contributed by atoms with Crippen molar-refractivity contribution in [2.45, 2.75) is 25.3 Å². The lowest BCUT2D eigenvalue weighted by molar-refractivity contribution is -0.131. The molecular weight excluding hydrogens is 334 g/mol. The molecule has 0 spiro atoms. The van der Waals surface area contributed by atoms with Gasteiger partial charge in [0, 0.05) is 30.7 Å². The average Bonchev–Trinajstić information content (AvgIpc) is 3.36. The number of nitrogens with one attached hydrogen (secondary N) is 1. The van der Waals surface area contributed by atoms with Crippen LogP contribution in [0.4, 0.5) is 0 Å². The third-order valence-corrected chi connectivity index (χ3v) is 5.69. The lowest BCUT2D eigenvalue weighted by Gasteiger charge is -2.32. The zero-order valence-electron chi connectivity index (χ0n) is 15.9. The molecule has 1 aromatic heterocycles. The van der Waals surface area contributed by atoms with E-state index in [9.17, 15) is 4.79 Å². The second-order valence-electron chi connectivity index (χ2n) is 7.48. The molecule has 1 aliphatic heterocycles. The monoisotopic (exact) mass is 361 g/mol. The number of fused-ring (bicyclic) bond motifs is 1. The number of rotatable bonds is 6. The number of carbonyl (C=O) groups excluding carboxylic acids is 1. The summed E-state index contributed by atoms with van der Waals surface area (Å²) in [6, 6.07) is 18.7. The van der Waals surface area contributed by atoms with Crippen LogP contribution in [-0.2, 0) is 11.2 Å². The van der Waals surface area contributed by atoms with Gasteiger partial charge in [0.15, 0.2) is 0 Å². The van der Waals surface area contributed by atoms with Crippen molar-refractivity contribution in [1.82, 2.24) is 14.8 Å². The molecule has 0 radical (unpaired) electrons. The Hall–Kier alpha value is -2.59. The van der Waals surface area contributed by atoms with Crippen molar-refractivity contribution in [3.05, 3.63) is 71.9 Å². The van der Waals surface area contributed by atoms with Crippen molar-refractivity contribution >= 4 is 16.8 Å². The minimum Gasteiger partial charge on any atom is -0.361 e. The van der Waals surface area contributed by atoms with Gasteiger partial charge in [0.2, 0.25) is 5.91 Å². The number of likely N-dealkylation sites (tertiary alicyclic amines) is 1. The van der Waals surface area contributed by atoms with E-state index in [2.05, 4.69) is 40.2 Å². The molecule has 0 unspecified atom stereocenters. The largest absolute Gasteiger partial charge is 0.361 e. The van der Waals surface area contributed by atoms with Gasteiger partial charge in [-0.1, -0.05) is 48.5 Å². The van der Waals surface area contributed by atoms with Crippen LogP contribution < -0.4 is 0 Å². The number of aromatic amines is 1. The van der Waals surface area contributed by atoms with E-state index in [0.717, 1.165) is 36.1 Å². The van der Waals surface area contributed by atoms with Gasteiger partial charge < -0.3 is 14.8 Å². The molecule has 3 aromatic rings. The smallest absolute Gasteiger partial charge is 0.227 e. The van der Waals surface area contributed by atoms with Crippen LogP contribution in [0.2, 0.25) is 0 Å². The summed E-state index contributed by atoms with van der Waals surface area (Å²) >= 11 is 0. The Kier molecular flexibility index (Phi) is 5.26. The third kappa shape index (κ3) is 3.91. The standard InChI is InChI=1S/C23H27N3O/c1-25(23(27)15-19-16-24-21-12-6-5-11-20(19)21)22(17-26-13-7-8-14-26)18-9-3-2-4-10-18/h2-6,9-12,16,22,24H,7-8,13-15,17H2,1H3/t22-/m1/s1. The zero-order valence-corrected chi connectivity index (χ0v) is 15.9. The van der Waals surface area contributed by atoms with Crippen molar-refractivity contribution in [2.75, 3.05) is 26.7 Å². The lowest BCUT2D eigenvalue weighted by atomic mass is 10.0. The summed E-state index contributed by atoms with van der Waals surface area (Å²) in [4.78, 5) is 20.8. The Morgan fingerprint density at radius 3 is 2.56 bits per heavy atom. The second kappa shape index (κ2) is 7.97. The van der Waals surface area contributed by atoms with Crippen LogP contribution in [0.1, 0.15) is 30.0 Å². The maximum Gasteiger partial charge on any atom is 0.227 e. The van der Waals surface area contributed by atoms with Gasteiger partial charge in [-0.2, -0.15) is 0 Å². The van der Waals surface area contributed by atoms with Gasteiger partial charge in [0.1, 0.15) is 0 Å². The molecule has 1 aliphatic rings. The van der Waals surface area contributed by atoms with Crippen molar-refractivity contribution in [3.63, 3.8) is 0 Å². The summed E-state index contributed by atoms with van der Waals surface area (Å²) in [6.45, 7) is 3.17. The highest BCUT2D eigenvalue weighted by Gasteiger charge is 2.26. The molecule has 2 heterocycles. The number of hydrogen-bond donors (Lipinski definition) is 1. The van der Waals surface area contributed by atoms with Gasteiger partial charge in [-0.15, -0.1) is 0 Å². The number of nitrogens with zero attached hydrogens (tertiary/aromatic N) is 2. The molecule has 27 heavy (non-hydrogen) atoms. The minimum absolute atomic E-state index is 0.0852. The Labute approximate surface area is 160 Å². The van der Waals surface area contributed by atoms with Crippen LogP contribution in [-0.4, -0.2) is 47.4 Å². The maximum absolute atomic E-state index is 13.1. The molecule has 1 amide bonds. The molecule has 2 aromatic carbocycles. The molecule has 0 bridgehead atoms. The Morgan fingerprint density at radius 2 is 1.78 bits per heavy atom. The van der Waals surface area contributed by atoms with E-state index >= 15 is 0 Å². The van der Waals surface area contributed by atoms with Gasteiger partial charge in [-0.25, -0.2) is 0 Å². The van der Waals surface area contributed by atoms with Crippen molar-refractivity contribution in [3.8, 4) is 0 Å². The maximum atomic E-state index is 13.1. The lowest BCUT2D eigenvalue weighted by Crippen LogP contribution is -2.39. The number of carbonyl (C=O) groups is 1. The second-order valence-corrected chi connectivity index (χ2v) is 7.48. The fourth-order valence-electron chi connectivity index (χ4n) is 4.08. The molecule has 1 N–H and O–H groups in total. The van der Waals surface area contributed by atoms with Gasteiger partial charge in [-0.3, -0.25) is 4.79 Å². The summed E-state index contributed by atoms with van der Waals surface area (Å²) in [5, 5.41) is 1.13. The topological polar surface area (TPSA) is 39.3 Å². The molecule has 1 saturated heterocycles. The molecule has 4 nitrogen and oxygen atoms in total. The average molecular weight is 361 g/mol. The summed E-state index contributed by atoms with van der Waals surface area (Å²) in [5.74, 6) is 0.160. The molecule has 0 saturated carbocycles. The number of likely N-dealkylation sites (N-methyl/N-ethyl adjacent to an activating group) is 1. The number of aromatic nitrogens is 1. The van der Waals surface area contributed by atoms with E-state index in [1.165, 1.54) is 18.4 Å². The first-order chi connectivity index (χ1) is 13.2. The van der Waals surface area contributed by atoms with Crippen molar-refractivity contribution < 1.29 is 4.79 Å². The van der Waals surface area contributed by atoms with E-state index < -0.39 is 0 Å². The van der Waals surface area contributed by atoms with Crippen LogP contribution in [0.25, 0.3) is 10.9 Å². The highest BCUT2D eigenvalue weighted by atomic mass is 16.2. The first kappa shape index (κ1) is 17.8. The highest BCUT2D eigenvalue weighted by Crippen LogP contribution is 2.25. The van der Waals surface area contributed by atoms with Gasteiger partial charge in [0.05, 0.1) is 12.5 Å². The van der Waals surface area contributed by atoms with Gasteiger partial charge in [-0.05, 0) is 43.1 Å². The van der Waals surface area contributed by atoms with Crippen LogP contribution in [0, 0.1) is 0 Å². The number of hydrogen-bond acceptors (Lipinski definition) is 2. The predicted molar refractivity (Wildman–Crippen MR) is 110 cm³/mol. The predicted octanol–water partition coefficient (Wildman–Crippen LogP) is 4.01. The first-order valence-corrected chi connectivity index (χ1v) is 9.80. The van der Waals surface area contributed by atoms with Gasteiger partial charge >= 0.3 is 0 Å². The Balaban J connectivity index is 1.54. The highest BCUT2D eigenvalue weighted by molar-refractivity contribution is 5.89. The fraction of sp³-hybridized carbons (Fsp3) is 0.348. The van der Waals surface area contributed by atoms with E-state index in [1.54, 1.807) is 0 Å². The van der Waals surface area contributed by atoms with E-state index in [0.29, 0.717) is 6.42 Å². The Bertz CT molecular complexity index is 896. The van der Waals surface area contributed by atoms with Crippen LogP contribution in [0.3, 0.4) is 0 Å². The Morgan fingerprint density at radius 1 is 1.07 bits per heavy atom. The van der Waals surface area contributed by atoms with Gasteiger partial charge in [0.25, 0.3) is 0 Å². The van der Waals surface area contributed by atoms with E-state index in [1.807, 2.05) is 42.4 Å². The fourth-order valence-corrected chi connectivity index (χ4v) is 4.08. The normalized spacial score (nSPS) is 15.9. The first-order valence-electron chi connectivity index (χ1n) is 9.80. The van der Waals surface area contributed by atoms with Crippen molar-refractivity contribution in [1.29, 1.82) is 0 Å². The molecule has 1 atom stereocenters. The number of H-pyrrole nitrogens is 1. The number of para-hydroxylation sites is 1. The summed E-state index contributed by atoms with van der Waals surface area (Å²) in [6.07, 6.45) is 4.90. The SMILES string of the molecule is CN(C(=O)Cc1c[nH]c2ccccc12)[C@H](CN1CCCC1)c1ccccc1. The number of benzene rings is 2. The van der Waals surface area contributed by atoms with E-state index in [-0.39, 0.29) is 11.9 Å². The zero-order chi connectivity index (χ0) is 18.6. The summed E-state index contributed by atoms with van der Waals surface area (Å²) in [7, 11) is 1.95. The summed E-state index contributed by atoms with van der Waals surface area (Å²) in [5.41, 5.74) is 3.36. The summed E-state index contributed by atoms with van der Waals surface area (Å²) < 4.78 is 0. The minimum atomic E-state index is 0.0852. The van der Waals surface area contributed by atoms with E-state index in [4.69, 9.17) is 0 Å². The molecular formula is C23H27N3O. The third-order valence-electron chi connectivity index (χ3n) is 5.69. The molecule has 4 rings (SSSR count). The van der Waals surface area contributed by atoms with Crippen LogP contribution >= 0.6 is 0 Å². The molecule has 0 aliphatic carbocycles. The van der Waals surface area contributed by atoms with Crippen LogP contribution in [0.15, 0.2) is 60.8 Å². The molecule has 140 valence electrons. The number of amides is 1. The van der Waals surface area contributed by atoms with Crippen molar-refractivity contribution in [2.24, 2.45) is 0 Å². The quantitative estimate of drug-likeness (QED) is 0.721.